The second-order valence-electron chi connectivity index (χ2n) is 7.09. The van der Waals surface area contributed by atoms with Gasteiger partial charge < -0.3 is 5.32 Å². The second-order valence-corrected chi connectivity index (χ2v) is 9.65. The van der Waals surface area contributed by atoms with Crippen molar-refractivity contribution in [3.05, 3.63) is 95.0 Å². The molecule has 0 aliphatic rings. The van der Waals surface area contributed by atoms with Crippen LogP contribution in [0, 0.1) is 11.6 Å². The zero-order valence-corrected chi connectivity index (χ0v) is 18.6. The molecule has 4 rings (SSSR count). The smallest absolute Gasteiger partial charge is 0.280 e. The number of aromatic nitrogens is 1. The molecule has 6 nitrogen and oxygen atoms in total. The Bertz CT molecular complexity index is 1420. The molecule has 0 atom stereocenters. The molecular formula is C23H17F2N3O3S2. The average molecular weight is 486 g/mol. The van der Waals surface area contributed by atoms with Gasteiger partial charge in [-0.05, 0) is 47.5 Å². The van der Waals surface area contributed by atoms with Crippen molar-refractivity contribution < 1.29 is 22.0 Å². The van der Waals surface area contributed by atoms with E-state index in [0.29, 0.717) is 27.3 Å². The van der Waals surface area contributed by atoms with Crippen LogP contribution in [0.3, 0.4) is 0 Å². The highest BCUT2D eigenvalue weighted by molar-refractivity contribution is 7.89. The van der Waals surface area contributed by atoms with E-state index in [1.54, 1.807) is 24.3 Å². The van der Waals surface area contributed by atoms with Gasteiger partial charge in [0.2, 0.25) is 10.0 Å². The maximum atomic E-state index is 13.4. The van der Waals surface area contributed by atoms with Crippen molar-refractivity contribution in [1.29, 1.82) is 0 Å². The number of nitrogens with zero attached hydrogens (tertiary/aromatic N) is 1. The number of halogens is 2. The minimum absolute atomic E-state index is 0.0575. The fourth-order valence-electron chi connectivity index (χ4n) is 3.12. The number of primary sulfonamides is 1. The van der Waals surface area contributed by atoms with Gasteiger partial charge in [-0.2, -0.15) is 0 Å². The summed E-state index contributed by atoms with van der Waals surface area (Å²) >= 11 is 1.11. The molecule has 0 spiro atoms. The van der Waals surface area contributed by atoms with E-state index in [2.05, 4.69) is 10.3 Å². The van der Waals surface area contributed by atoms with Crippen molar-refractivity contribution in [1.82, 2.24) is 10.3 Å². The van der Waals surface area contributed by atoms with E-state index in [4.69, 9.17) is 5.14 Å². The van der Waals surface area contributed by atoms with Crippen LogP contribution in [0.5, 0.6) is 0 Å². The molecule has 3 aromatic carbocycles. The molecular weight excluding hydrogens is 468 g/mol. The number of rotatable bonds is 6. The molecule has 0 bridgehead atoms. The Morgan fingerprint density at radius 2 is 1.61 bits per heavy atom. The van der Waals surface area contributed by atoms with Crippen LogP contribution in [-0.2, 0) is 16.6 Å². The fourth-order valence-corrected chi connectivity index (χ4v) is 4.64. The lowest BCUT2D eigenvalue weighted by Gasteiger charge is -2.04. The maximum Gasteiger partial charge on any atom is 0.280 e. The van der Waals surface area contributed by atoms with E-state index in [1.165, 1.54) is 48.5 Å². The molecule has 0 aliphatic heterocycles. The number of amides is 1. The number of nitrogens with two attached hydrogens (primary N) is 1. The minimum atomic E-state index is -3.86. The third-order valence-electron chi connectivity index (χ3n) is 4.73. The second kappa shape index (κ2) is 9.18. The van der Waals surface area contributed by atoms with Crippen LogP contribution in [0.25, 0.3) is 21.7 Å². The first-order valence-corrected chi connectivity index (χ1v) is 12.0. The van der Waals surface area contributed by atoms with Gasteiger partial charge in [0.25, 0.3) is 5.91 Å². The van der Waals surface area contributed by atoms with Crippen molar-refractivity contribution in [3.63, 3.8) is 0 Å². The van der Waals surface area contributed by atoms with Gasteiger partial charge in [0.15, 0.2) is 5.01 Å². The molecule has 0 fully saturated rings. The Balaban J connectivity index is 1.69. The van der Waals surface area contributed by atoms with Crippen molar-refractivity contribution in [2.45, 2.75) is 11.4 Å². The summed E-state index contributed by atoms with van der Waals surface area (Å²) < 4.78 is 49.9. The van der Waals surface area contributed by atoms with Crippen LogP contribution in [0.2, 0.25) is 0 Å². The molecule has 0 radical (unpaired) electrons. The van der Waals surface area contributed by atoms with E-state index in [-0.39, 0.29) is 16.4 Å². The Morgan fingerprint density at radius 1 is 0.939 bits per heavy atom. The summed E-state index contributed by atoms with van der Waals surface area (Å²) in [6, 6.07) is 17.4. The first kappa shape index (κ1) is 22.7. The highest BCUT2D eigenvalue weighted by Crippen LogP contribution is 2.37. The third kappa shape index (κ3) is 5.30. The van der Waals surface area contributed by atoms with Crippen LogP contribution in [-0.4, -0.2) is 19.3 Å². The molecule has 1 aromatic heterocycles. The van der Waals surface area contributed by atoms with Crippen molar-refractivity contribution in [2.75, 3.05) is 0 Å². The van der Waals surface area contributed by atoms with Gasteiger partial charge in [-0.25, -0.2) is 27.3 Å². The van der Waals surface area contributed by atoms with Crippen LogP contribution in [0.4, 0.5) is 8.78 Å². The summed E-state index contributed by atoms with van der Waals surface area (Å²) in [5, 5.41) is 8.02. The van der Waals surface area contributed by atoms with Gasteiger partial charge >= 0.3 is 0 Å². The molecule has 0 saturated carbocycles. The first-order valence-electron chi connectivity index (χ1n) is 9.63. The number of nitrogens with one attached hydrogen (secondary N) is 1. The third-order valence-corrected chi connectivity index (χ3v) is 6.76. The summed E-state index contributed by atoms with van der Waals surface area (Å²) in [5.41, 5.74) is 2.23. The quantitative estimate of drug-likeness (QED) is 0.424. The highest BCUT2D eigenvalue weighted by atomic mass is 32.2. The lowest BCUT2D eigenvalue weighted by Crippen LogP contribution is -2.22. The summed E-state index contributed by atoms with van der Waals surface area (Å²) in [6.45, 7) is 0.112. The van der Waals surface area contributed by atoms with Gasteiger partial charge in [0.05, 0.1) is 15.5 Å². The molecule has 4 aromatic rings. The number of thiazole rings is 1. The standard InChI is InChI=1S/C23H17F2N3O3S2/c24-17-8-4-16(5-9-17)21-20(15-6-10-19(11-7-15)33(26,30)31)28-23(32-21)22(29)27-13-14-2-1-3-18(25)12-14/h1-12H,13H2,(H,27,29)(H2,26,30,31). The van der Waals surface area contributed by atoms with Crippen LogP contribution >= 0.6 is 11.3 Å². The highest BCUT2D eigenvalue weighted by Gasteiger charge is 2.20. The number of sulfonamides is 1. The summed E-state index contributed by atoms with van der Waals surface area (Å²) in [6.07, 6.45) is 0. The minimum Gasteiger partial charge on any atom is -0.346 e. The zero-order valence-electron chi connectivity index (χ0n) is 17.0. The predicted octanol–water partition coefficient (Wildman–Crippen LogP) is 4.33. The van der Waals surface area contributed by atoms with Crippen LogP contribution in [0.15, 0.2) is 77.7 Å². The molecule has 10 heteroatoms. The van der Waals surface area contributed by atoms with E-state index in [1.807, 2.05) is 0 Å². The monoisotopic (exact) mass is 485 g/mol. The van der Waals surface area contributed by atoms with Crippen molar-refractivity contribution >= 4 is 27.3 Å². The van der Waals surface area contributed by atoms with E-state index >= 15 is 0 Å². The topological polar surface area (TPSA) is 102 Å². The lowest BCUT2D eigenvalue weighted by atomic mass is 10.1. The largest absolute Gasteiger partial charge is 0.346 e. The molecule has 1 heterocycles. The van der Waals surface area contributed by atoms with E-state index < -0.39 is 27.6 Å². The fraction of sp³-hybridized carbons (Fsp3) is 0.0435. The van der Waals surface area contributed by atoms with Gasteiger partial charge in [-0.3, -0.25) is 4.79 Å². The van der Waals surface area contributed by atoms with Crippen molar-refractivity contribution in [3.8, 4) is 21.7 Å². The lowest BCUT2D eigenvalue weighted by molar-refractivity contribution is 0.0950. The first-order chi connectivity index (χ1) is 15.7. The Morgan fingerprint density at radius 3 is 2.24 bits per heavy atom. The summed E-state index contributed by atoms with van der Waals surface area (Å²) in [5.74, 6) is -1.27. The van der Waals surface area contributed by atoms with Gasteiger partial charge in [-0.1, -0.05) is 36.4 Å². The van der Waals surface area contributed by atoms with Gasteiger partial charge in [0, 0.05) is 12.1 Å². The molecule has 0 unspecified atom stereocenters. The molecule has 168 valence electrons. The molecule has 33 heavy (non-hydrogen) atoms. The number of carbonyl (C=O) groups excluding carboxylic acids is 1. The number of hydrogen-bond donors (Lipinski definition) is 2. The Hall–Kier alpha value is -3.47. The Kier molecular flexibility index (Phi) is 6.32. The molecule has 3 N–H and O–H groups in total. The van der Waals surface area contributed by atoms with E-state index in [9.17, 15) is 22.0 Å². The number of benzene rings is 3. The number of hydrogen-bond acceptors (Lipinski definition) is 5. The predicted molar refractivity (Wildman–Crippen MR) is 122 cm³/mol. The molecule has 0 saturated heterocycles. The SMILES string of the molecule is NS(=O)(=O)c1ccc(-c2nc(C(=O)NCc3cccc(F)c3)sc2-c2ccc(F)cc2)cc1. The molecule has 1 amide bonds. The molecule has 0 aliphatic carbocycles. The van der Waals surface area contributed by atoms with Gasteiger partial charge in [-0.15, -0.1) is 11.3 Å². The van der Waals surface area contributed by atoms with Crippen molar-refractivity contribution in [2.24, 2.45) is 5.14 Å². The summed E-state index contributed by atoms with van der Waals surface area (Å²) in [4.78, 5) is 17.8. The van der Waals surface area contributed by atoms with Gasteiger partial charge in [0.1, 0.15) is 11.6 Å². The zero-order chi connectivity index (χ0) is 23.6. The normalized spacial score (nSPS) is 11.4. The van der Waals surface area contributed by atoms with Crippen LogP contribution in [0.1, 0.15) is 15.4 Å². The Labute approximate surface area is 192 Å². The van der Waals surface area contributed by atoms with Crippen LogP contribution < -0.4 is 10.5 Å². The maximum absolute atomic E-state index is 13.4. The van der Waals surface area contributed by atoms with E-state index in [0.717, 1.165) is 11.3 Å². The average Bonchev–Trinajstić information content (AvgIpc) is 3.23. The summed E-state index contributed by atoms with van der Waals surface area (Å²) in [7, 11) is -3.86. The number of carbonyl (C=O) groups is 1.